The molecule has 2 heterocycles. The van der Waals surface area contributed by atoms with Crippen molar-refractivity contribution in [1.82, 2.24) is 14.9 Å². The summed E-state index contributed by atoms with van der Waals surface area (Å²) in [6.07, 6.45) is -1.25. The van der Waals surface area contributed by atoms with Crippen LogP contribution in [0, 0.1) is 0 Å². The second kappa shape index (κ2) is 7.60. The van der Waals surface area contributed by atoms with Crippen molar-refractivity contribution in [2.45, 2.75) is 63.1 Å². The van der Waals surface area contributed by atoms with Crippen LogP contribution in [0.1, 0.15) is 49.9 Å². The van der Waals surface area contributed by atoms with Crippen LogP contribution >= 0.6 is 11.6 Å². The maximum absolute atomic E-state index is 14.2. The summed E-state index contributed by atoms with van der Waals surface area (Å²) < 4.78 is 54.7. The molecular formula is C22H21ClF3N3O3. The third-order valence-electron chi connectivity index (χ3n) is 5.91. The van der Waals surface area contributed by atoms with E-state index in [2.05, 4.69) is 10.3 Å². The molecule has 0 unspecified atom stereocenters. The smallest absolute Gasteiger partial charge is 0.390 e. The lowest BCUT2D eigenvalue weighted by Crippen LogP contribution is -2.43. The molecule has 0 bridgehead atoms. The topological polar surface area (TPSA) is 73.3 Å². The summed E-state index contributed by atoms with van der Waals surface area (Å²) in [5.74, 6) is -0.0368. The highest BCUT2D eigenvalue weighted by atomic mass is 35.5. The van der Waals surface area contributed by atoms with Crippen molar-refractivity contribution in [2.24, 2.45) is 0 Å². The molecule has 5 rings (SSSR count). The van der Waals surface area contributed by atoms with Gasteiger partial charge in [-0.1, -0.05) is 35.0 Å². The van der Waals surface area contributed by atoms with Gasteiger partial charge in [0.25, 0.3) is 0 Å². The third kappa shape index (κ3) is 3.93. The Hall–Kier alpha value is -2.36. The zero-order valence-electron chi connectivity index (χ0n) is 17.2. The van der Waals surface area contributed by atoms with E-state index in [0.717, 1.165) is 23.7 Å². The average molecular weight is 468 g/mol. The Morgan fingerprint density at radius 1 is 1.25 bits per heavy atom. The van der Waals surface area contributed by atoms with Crippen molar-refractivity contribution in [2.75, 3.05) is 0 Å². The minimum absolute atomic E-state index is 0.0368. The summed E-state index contributed by atoms with van der Waals surface area (Å²) in [6, 6.07) is 6.38. The maximum atomic E-state index is 14.2. The SMILES string of the molecule is C[C@]1(O)C[C@@H](n2ncc(-c3onc(-c4ccccc4Cl)c3COC3CC3)c2C(F)(F)F)C1. The molecule has 2 aromatic heterocycles. The highest BCUT2D eigenvalue weighted by Crippen LogP contribution is 2.47. The van der Waals surface area contributed by atoms with Crippen LogP contribution in [-0.4, -0.2) is 31.7 Å². The van der Waals surface area contributed by atoms with Crippen molar-refractivity contribution in [3.8, 4) is 22.6 Å². The average Bonchev–Trinajstić information content (AvgIpc) is 3.26. The molecule has 0 amide bonds. The lowest BCUT2D eigenvalue weighted by Gasteiger charge is -2.41. The first-order valence-electron chi connectivity index (χ1n) is 10.4. The number of aliphatic hydroxyl groups is 1. The quantitative estimate of drug-likeness (QED) is 0.507. The fraction of sp³-hybridized carbons (Fsp3) is 0.455. The van der Waals surface area contributed by atoms with Gasteiger partial charge in [0.1, 0.15) is 5.69 Å². The van der Waals surface area contributed by atoms with E-state index in [1.807, 2.05) is 0 Å². The van der Waals surface area contributed by atoms with Gasteiger partial charge < -0.3 is 14.4 Å². The van der Waals surface area contributed by atoms with Crippen molar-refractivity contribution >= 4 is 11.6 Å². The molecule has 2 fully saturated rings. The summed E-state index contributed by atoms with van der Waals surface area (Å²) in [4.78, 5) is 0. The van der Waals surface area contributed by atoms with Crippen molar-refractivity contribution in [3.63, 3.8) is 0 Å². The Labute approximate surface area is 186 Å². The molecule has 6 nitrogen and oxygen atoms in total. The molecule has 170 valence electrons. The molecule has 1 aromatic carbocycles. The fourth-order valence-electron chi connectivity index (χ4n) is 4.17. The van der Waals surface area contributed by atoms with Crippen LogP contribution < -0.4 is 0 Å². The number of rotatable bonds is 6. The van der Waals surface area contributed by atoms with Crippen molar-refractivity contribution < 1.29 is 27.5 Å². The van der Waals surface area contributed by atoms with E-state index in [0.29, 0.717) is 21.8 Å². The highest BCUT2D eigenvalue weighted by molar-refractivity contribution is 6.33. The van der Waals surface area contributed by atoms with Gasteiger partial charge >= 0.3 is 6.18 Å². The van der Waals surface area contributed by atoms with Crippen LogP contribution in [-0.2, 0) is 17.5 Å². The lowest BCUT2D eigenvalue weighted by atomic mass is 9.77. The van der Waals surface area contributed by atoms with Gasteiger partial charge in [0, 0.05) is 5.56 Å². The summed E-state index contributed by atoms with van der Waals surface area (Å²) in [5.41, 5.74) is -0.826. The first kappa shape index (κ1) is 21.5. The Bertz CT molecular complexity index is 1140. The van der Waals surface area contributed by atoms with E-state index in [-0.39, 0.29) is 36.9 Å². The lowest BCUT2D eigenvalue weighted by molar-refractivity contribution is -0.148. The second-order valence-corrected chi connectivity index (χ2v) is 9.14. The van der Waals surface area contributed by atoms with Gasteiger partial charge in [0.2, 0.25) is 0 Å². The molecule has 10 heteroatoms. The molecule has 2 saturated carbocycles. The van der Waals surface area contributed by atoms with Crippen molar-refractivity contribution in [1.29, 1.82) is 0 Å². The normalized spacial score (nSPS) is 23.4. The van der Waals surface area contributed by atoms with Gasteiger partial charge in [-0.25, -0.2) is 0 Å². The Morgan fingerprint density at radius 3 is 2.59 bits per heavy atom. The number of benzene rings is 1. The predicted octanol–water partition coefficient (Wildman–Crippen LogP) is 5.64. The highest BCUT2D eigenvalue weighted by Gasteiger charge is 2.47. The number of alkyl halides is 3. The van der Waals surface area contributed by atoms with Crippen LogP contribution in [0.5, 0.6) is 0 Å². The standard InChI is InChI=1S/C22H21ClF3N3O3/c1-21(30)8-12(9-21)29-20(22(24,25)26)15(10-27-29)19-16(11-31-13-6-7-13)18(28-32-19)14-4-2-3-5-17(14)23/h2-5,10,12-13,30H,6-9,11H2,1H3/t12-,21+. The van der Waals surface area contributed by atoms with E-state index >= 15 is 0 Å². The number of hydrogen-bond acceptors (Lipinski definition) is 5. The molecule has 1 N–H and O–H groups in total. The molecule has 0 spiro atoms. The molecule has 3 aromatic rings. The number of aromatic nitrogens is 3. The maximum Gasteiger partial charge on any atom is 0.433 e. The fourth-order valence-corrected chi connectivity index (χ4v) is 4.40. The Balaban J connectivity index is 1.61. The van der Waals surface area contributed by atoms with Gasteiger partial charge in [0.15, 0.2) is 11.5 Å². The Morgan fingerprint density at radius 2 is 1.97 bits per heavy atom. The van der Waals surface area contributed by atoms with E-state index in [9.17, 15) is 18.3 Å². The minimum atomic E-state index is -4.68. The molecule has 0 aliphatic heterocycles. The van der Waals surface area contributed by atoms with Gasteiger partial charge in [-0.15, -0.1) is 0 Å². The monoisotopic (exact) mass is 467 g/mol. The van der Waals surface area contributed by atoms with Gasteiger partial charge in [-0.05, 0) is 38.7 Å². The van der Waals surface area contributed by atoms with Crippen LogP contribution in [0.15, 0.2) is 35.0 Å². The third-order valence-corrected chi connectivity index (χ3v) is 6.24. The van der Waals surface area contributed by atoms with Gasteiger partial charge in [0.05, 0.1) is 46.7 Å². The van der Waals surface area contributed by atoms with Crippen LogP contribution in [0.3, 0.4) is 0 Å². The number of nitrogens with zero attached hydrogens (tertiary/aromatic N) is 3. The number of halogens is 4. The first-order valence-corrected chi connectivity index (χ1v) is 10.7. The van der Waals surface area contributed by atoms with Crippen LogP contribution in [0.25, 0.3) is 22.6 Å². The van der Waals surface area contributed by atoms with E-state index < -0.39 is 23.5 Å². The van der Waals surface area contributed by atoms with Crippen LogP contribution in [0.2, 0.25) is 5.02 Å². The van der Waals surface area contributed by atoms with E-state index in [1.165, 1.54) is 0 Å². The molecular weight excluding hydrogens is 447 g/mol. The van der Waals surface area contributed by atoms with Gasteiger partial charge in [-0.2, -0.15) is 18.3 Å². The van der Waals surface area contributed by atoms with Gasteiger partial charge in [-0.3, -0.25) is 4.68 Å². The molecule has 2 aliphatic rings. The summed E-state index contributed by atoms with van der Waals surface area (Å²) in [7, 11) is 0. The molecule has 0 radical (unpaired) electrons. The predicted molar refractivity (Wildman–Crippen MR) is 110 cm³/mol. The number of hydrogen-bond donors (Lipinski definition) is 1. The van der Waals surface area contributed by atoms with Crippen LogP contribution in [0.4, 0.5) is 13.2 Å². The number of ether oxygens (including phenoxy) is 1. The first-order chi connectivity index (χ1) is 15.1. The minimum Gasteiger partial charge on any atom is -0.390 e. The largest absolute Gasteiger partial charge is 0.433 e. The molecule has 2 aliphatic carbocycles. The van der Waals surface area contributed by atoms with Crippen molar-refractivity contribution in [3.05, 3.63) is 46.7 Å². The zero-order chi connectivity index (χ0) is 22.7. The van der Waals surface area contributed by atoms with E-state index in [1.54, 1.807) is 31.2 Å². The summed E-state index contributed by atoms with van der Waals surface area (Å²) in [5, 5.41) is 18.5. The van der Waals surface area contributed by atoms with E-state index in [4.69, 9.17) is 20.9 Å². The molecule has 32 heavy (non-hydrogen) atoms. The second-order valence-electron chi connectivity index (χ2n) is 8.74. The molecule has 0 saturated heterocycles. The Kier molecular flexibility index (Phi) is 5.11. The molecule has 0 atom stereocenters. The summed E-state index contributed by atoms with van der Waals surface area (Å²) in [6.45, 7) is 1.64. The summed E-state index contributed by atoms with van der Waals surface area (Å²) >= 11 is 6.32. The zero-order valence-corrected chi connectivity index (χ0v) is 18.0.